The number of thioether (sulfide) groups is 1. The number of aromatic amines is 1. The molecule has 6 heteroatoms. The van der Waals surface area contributed by atoms with Gasteiger partial charge >= 0.3 is 0 Å². The van der Waals surface area contributed by atoms with E-state index in [1.54, 1.807) is 0 Å². The zero-order chi connectivity index (χ0) is 16.8. The van der Waals surface area contributed by atoms with E-state index in [0.717, 1.165) is 30.8 Å². The van der Waals surface area contributed by atoms with Crippen LogP contribution in [-0.4, -0.2) is 34.2 Å². The number of nitriles is 1. The molecule has 0 aliphatic rings. The van der Waals surface area contributed by atoms with Crippen molar-refractivity contribution in [1.29, 1.82) is 5.26 Å². The summed E-state index contributed by atoms with van der Waals surface area (Å²) in [5.74, 6) is 0. The topological polar surface area (TPSA) is 72.8 Å². The number of nitrogens with zero attached hydrogens (tertiary/aromatic N) is 3. The average molecular weight is 328 g/mol. The van der Waals surface area contributed by atoms with Crippen LogP contribution in [0.5, 0.6) is 0 Å². The van der Waals surface area contributed by atoms with Crippen molar-refractivity contribution in [2.45, 2.75) is 25.5 Å². The second kappa shape index (κ2) is 7.95. The smallest absolute Gasteiger partial charge is 0.270 e. The predicted molar refractivity (Wildman–Crippen MR) is 93.4 cm³/mol. The van der Waals surface area contributed by atoms with Crippen LogP contribution < -0.4 is 5.56 Å². The van der Waals surface area contributed by atoms with Crippen molar-refractivity contribution in [1.82, 2.24) is 14.9 Å². The lowest BCUT2D eigenvalue weighted by Gasteiger charge is -2.20. The van der Waals surface area contributed by atoms with Gasteiger partial charge < -0.3 is 4.98 Å². The summed E-state index contributed by atoms with van der Waals surface area (Å²) in [6.07, 6.45) is 1.84. The second-order valence-electron chi connectivity index (χ2n) is 5.03. The summed E-state index contributed by atoms with van der Waals surface area (Å²) < 4.78 is 0. The van der Waals surface area contributed by atoms with Crippen molar-refractivity contribution < 1.29 is 0 Å². The first-order chi connectivity index (χ1) is 11.1. The maximum absolute atomic E-state index is 12.1. The number of rotatable bonds is 6. The van der Waals surface area contributed by atoms with E-state index in [0.29, 0.717) is 10.9 Å². The Kier molecular flexibility index (Phi) is 5.97. The molecule has 0 saturated heterocycles. The van der Waals surface area contributed by atoms with Crippen molar-refractivity contribution in [2.24, 2.45) is 0 Å². The molecule has 23 heavy (non-hydrogen) atoms. The summed E-state index contributed by atoms with van der Waals surface area (Å²) >= 11 is 1.35. The number of H-pyrrole nitrogens is 1. The standard InChI is InChI=1S/C17H20N4OS/c1-4-21(5-2)11-12-8-6-7-9-13(12)15-14(10-18)16(22)20-17(19-15)23-3/h6-9H,4-5,11H2,1-3H3,(H,19,20,22). The molecule has 0 aliphatic heterocycles. The lowest BCUT2D eigenvalue weighted by atomic mass is 10.0. The molecule has 2 aromatic rings. The number of nitrogens with one attached hydrogen (secondary N) is 1. The van der Waals surface area contributed by atoms with Gasteiger partial charge in [0.1, 0.15) is 11.6 Å². The highest BCUT2D eigenvalue weighted by molar-refractivity contribution is 7.98. The maximum atomic E-state index is 12.1. The Morgan fingerprint density at radius 1 is 1.30 bits per heavy atom. The first-order valence-electron chi connectivity index (χ1n) is 7.53. The van der Waals surface area contributed by atoms with Gasteiger partial charge in [0.2, 0.25) is 0 Å². The van der Waals surface area contributed by atoms with Crippen molar-refractivity contribution in [3.63, 3.8) is 0 Å². The molecule has 0 aliphatic carbocycles. The molecule has 0 atom stereocenters. The number of aromatic nitrogens is 2. The largest absolute Gasteiger partial charge is 0.300 e. The molecule has 120 valence electrons. The highest BCUT2D eigenvalue weighted by Crippen LogP contribution is 2.26. The fourth-order valence-electron chi connectivity index (χ4n) is 2.43. The molecule has 0 unspecified atom stereocenters. The minimum absolute atomic E-state index is 0.0646. The van der Waals surface area contributed by atoms with E-state index in [2.05, 4.69) is 28.7 Å². The third kappa shape index (κ3) is 3.81. The third-order valence-electron chi connectivity index (χ3n) is 3.76. The van der Waals surface area contributed by atoms with Crippen LogP contribution >= 0.6 is 11.8 Å². The van der Waals surface area contributed by atoms with Crippen LogP contribution in [0.2, 0.25) is 0 Å². The van der Waals surface area contributed by atoms with Crippen LogP contribution in [-0.2, 0) is 6.54 Å². The first kappa shape index (κ1) is 17.3. The molecule has 0 amide bonds. The molecule has 0 saturated carbocycles. The van der Waals surface area contributed by atoms with Gasteiger partial charge in [0.05, 0.1) is 5.69 Å². The molecule has 0 spiro atoms. The number of benzene rings is 1. The van der Waals surface area contributed by atoms with E-state index in [1.807, 2.05) is 36.6 Å². The van der Waals surface area contributed by atoms with Gasteiger partial charge in [-0.2, -0.15) is 5.26 Å². The normalized spacial score (nSPS) is 10.7. The fraction of sp³-hybridized carbons (Fsp3) is 0.353. The van der Waals surface area contributed by atoms with E-state index in [9.17, 15) is 10.1 Å². The molecule has 1 aromatic heterocycles. The third-order valence-corrected chi connectivity index (χ3v) is 4.34. The van der Waals surface area contributed by atoms with Crippen molar-refractivity contribution in [2.75, 3.05) is 19.3 Å². The summed E-state index contributed by atoms with van der Waals surface area (Å²) in [7, 11) is 0. The van der Waals surface area contributed by atoms with Gasteiger partial charge in [-0.1, -0.05) is 49.9 Å². The van der Waals surface area contributed by atoms with E-state index in [4.69, 9.17) is 0 Å². The zero-order valence-electron chi connectivity index (χ0n) is 13.6. The van der Waals surface area contributed by atoms with Gasteiger partial charge in [-0.15, -0.1) is 0 Å². The van der Waals surface area contributed by atoms with Crippen LogP contribution in [0.3, 0.4) is 0 Å². The summed E-state index contributed by atoms with van der Waals surface area (Å²) in [5, 5.41) is 9.88. The van der Waals surface area contributed by atoms with E-state index >= 15 is 0 Å². The summed E-state index contributed by atoms with van der Waals surface area (Å²) in [5.41, 5.74) is 2.05. The highest BCUT2D eigenvalue weighted by atomic mass is 32.2. The number of hydrogen-bond donors (Lipinski definition) is 1. The molecule has 0 radical (unpaired) electrons. The molecule has 1 heterocycles. The minimum Gasteiger partial charge on any atom is -0.300 e. The van der Waals surface area contributed by atoms with Crippen molar-refractivity contribution in [3.8, 4) is 17.3 Å². The molecule has 0 bridgehead atoms. The van der Waals surface area contributed by atoms with Crippen LogP contribution in [0.15, 0.2) is 34.2 Å². The Morgan fingerprint density at radius 3 is 2.61 bits per heavy atom. The molecule has 2 rings (SSSR count). The van der Waals surface area contributed by atoms with E-state index in [-0.39, 0.29) is 11.1 Å². The Bertz CT molecular complexity index is 775. The van der Waals surface area contributed by atoms with Crippen LogP contribution in [0.1, 0.15) is 25.0 Å². The maximum Gasteiger partial charge on any atom is 0.270 e. The fourth-order valence-corrected chi connectivity index (χ4v) is 2.80. The average Bonchev–Trinajstić information content (AvgIpc) is 2.59. The van der Waals surface area contributed by atoms with Crippen LogP contribution in [0, 0.1) is 11.3 Å². The first-order valence-corrected chi connectivity index (χ1v) is 8.76. The Hall–Kier alpha value is -2.10. The number of hydrogen-bond acceptors (Lipinski definition) is 5. The summed E-state index contributed by atoms with van der Waals surface area (Å²) in [6.45, 7) is 6.87. The Balaban J connectivity index is 2.61. The summed E-state index contributed by atoms with van der Waals surface area (Å²) in [4.78, 5) is 21.5. The lowest BCUT2D eigenvalue weighted by molar-refractivity contribution is 0.296. The van der Waals surface area contributed by atoms with Gasteiger partial charge in [0.15, 0.2) is 5.16 Å². The quantitative estimate of drug-likeness (QED) is 0.652. The summed E-state index contributed by atoms with van der Waals surface area (Å²) in [6, 6.07) is 9.82. The molecular formula is C17H20N4OS. The van der Waals surface area contributed by atoms with E-state index in [1.165, 1.54) is 11.8 Å². The van der Waals surface area contributed by atoms with Crippen LogP contribution in [0.25, 0.3) is 11.3 Å². The SMILES string of the molecule is CCN(CC)Cc1ccccc1-c1nc(SC)[nH]c(=O)c1C#N. The van der Waals surface area contributed by atoms with Gasteiger partial charge in [-0.25, -0.2) is 4.98 Å². The van der Waals surface area contributed by atoms with Gasteiger partial charge in [-0.3, -0.25) is 9.69 Å². The lowest BCUT2D eigenvalue weighted by Crippen LogP contribution is -2.23. The molecule has 5 nitrogen and oxygen atoms in total. The minimum atomic E-state index is -0.389. The second-order valence-corrected chi connectivity index (χ2v) is 5.82. The molecule has 1 aromatic carbocycles. The van der Waals surface area contributed by atoms with Gasteiger partial charge in [0.25, 0.3) is 5.56 Å². The monoisotopic (exact) mass is 328 g/mol. The Morgan fingerprint density at radius 2 is 2.00 bits per heavy atom. The van der Waals surface area contributed by atoms with Gasteiger partial charge in [-0.05, 0) is 24.9 Å². The highest BCUT2D eigenvalue weighted by Gasteiger charge is 2.16. The van der Waals surface area contributed by atoms with Crippen LogP contribution in [0.4, 0.5) is 0 Å². The zero-order valence-corrected chi connectivity index (χ0v) is 14.4. The molecule has 1 N–H and O–H groups in total. The molecular weight excluding hydrogens is 308 g/mol. The van der Waals surface area contributed by atoms with Crippen molar-refractivity contribution >= 4 is 11.8 Å². The van der Waals surface area contributed by atoms with Gasteiger partial charge in [0, 0.05) is 12.1 Å². The predicted octanol–water partition coefficient (Wildman–Crippen LogP) is 2.87. The Labute approximate surface area is 140 Å². The molecule has 0 fully saturated rings. The van der Waals surface area contributed by atoms with Crippen molar-refractivity contribution in [3.05, 3.63) is 45.7 Å². The van der Waals surface area contributed by atoms with E-state index < -0.39 is 0 Å².